The first-order chi connectivity index (χ1) is 6.54. The van der Waals surface area contributed by atoms with Crippen molar-refractivity contribution in [2.45, 2.75) is 45.0 Å². The van der Waals surface area contributed by atoms with Gasteiger partial charge in [0.25, 0.3) is 5.79 Å². The van der Waals surface area contributed by atoms with Gasteiger partial charge in [0, 0.05) is 6.42 Å². The van der Waals surface area contributed by atoms with E-state index in [9.17, 15) is 14.0 Å². The van der Waals surface area contributed by atoms with Crippen molar-refractivity contribution >= 4 is 11.9 Å². The van der Waals surface area contributed by atoms with E-state index in [1.807, 2.05) is 0 Å². The average molecular weight is 221 g/mol. The number of halogens is 1. The van der Waals surface area contributed by atoms with Crippen LogP contribution in [0.2, 0.25) is 0 Å². The number of esters is 1. The second kappa shape index (κ2) is 4.57. The van der Waals surface area contributed by atoms with Crippen LogP contribution in [0, 0.1) is 0 Å². The third-order valence-corrected chi connectivity index (χ3v) is 1.47. The predicted molar refractivity (Wildman–Crippen MR) is 50.7 cm³/mol. The summed E-state index contributed by atoms with van der Waals surface area (Å²) in [5.41, 5.74) is 4.12. The van der Waals surface area contributed by atoms with Crippen molar-refractivity contribution < 1.29 is 23.8 Å². The molecule has 0 fully saturated rings. The standard InChI is InChI=1S/C9H16FNO4/c1-8(2,3)15-6(12)4-5-9(10,11)7(13)14/h4-5,11H2,1-3H3,(H,13,14). The Hall–Kier alpha value is -1.17. The van der Waals surface area contributed by atoms with Crippen LogP contribution in [-0.4, -0.2) is 28.4 Å². The van der Waals surface area contributed by atoms with Crippen LogP contribution in [0.15, 0.2) is 0 Å². The molecular weight excluding hydrogens is 205 g/mol. The summed E-state index contributed by atoms with van der Waals surface area (Å²) in [6.07, 6.45) is -0.964. The molecule has 0 saturated heterocycles. The first-order valence-corrected chi connectivity index (χ1v) is 4.47. The maximum Gasteiger partial charge on any atom is 0.356 e. The Morgan fingerprint density at radius 1 is 1.40 bits per heavy atom. The smallest absolute Gasteiger partial charge is 0.356 e. The van der Waals surface area contributed by atoms with Gasteiger partial charge in [-0.25, -0.2) is 9.18 Å². The van der Waals surface area contributed by atoms with Gasteiger partial charge < -0.3 is 9.84 Å². The molecule has 6 heteroatoms. The molecule has 88 valence electrons. The lowest BCUT2D eigenvalue weighted by Gasteiger charge is -2.20. The minimum Gasteiger partial charge on any atom is -0.478 e. The summed E-state index contributed by atoms with van der Waals surface area (Å²) in [6.45, 7) is 4.98. The summed E-state index contributed by atoms with van der Waals surface area (Å²) < 4.78 is 17.8. The first kappa shape index (κ1) is 13.8. The largest absolute Gasteiger partial charge is 0.478 e. The number of nitrogens with two attached hydrogens (primary N) is 1. The minimum absolute atomic E-state index is 0.365. The number of hydrogen-bond acceptors (Lipinski definition) is 4. The zero-order valence-corrected chi connectivity index (χ0v) is 9.04. The molecule has 0 aliphatic carbocycles. The molecule has 0 heterocycles. The third-order valence-electron chi connectivity index (χ3n) is 1.47. The van der Waals surface area contributed by atoms with E-state index in [1.165, 1.54) is 0 Å². The van der Waals surface area contributed by atoms with Gasteiger partial charge >= 0.3 is 11.9 Å². The zero-order chi connectivity index (χ0) is 12.3. The van der Waals surface area contributed by atoms with Crippen LogP contribution in [-0.2, 0) is 14.3 Å². The van der Waals surface area contributed by atoms with Gasteiger partial charge in [0.2, 0.25) is 0 Å². The molecule has 0 aromatic heterocycles. The van der Waals surface area contributed by atoms with Crippen LogP contribution in [0.25, 0.3) is 0 Å². The number of carboxylic acids is 1. The van der Waals surface area contributed by atoms with E-state index in [0.29, 0.717) is 0 Å². The molecule has 5 nitrogen and oxygen atoms in total. The number of hydrogen-bond donors (Lipinski definition) is 2. The van der Waals surface area contributed by atoms with E-state index in [2.05, 4.69) is 0 Å². The van der Waals surface area contributed by atoms with Crippen molar-refractivity contribution in [3.8, 4) is 0 Å². The van der Waals surface area contributed by atoms with Gasteiger partial charge in [-0.3, -0.25) is 10.5 Å². The van der Waals surface area contributed by atoms with E-state index in [4.69, 9.17) is 15.6 Å². The maximum atomic E-state index is 13.0. The predicted octanol–water partition coefficient (Wildman–Crippen LogP) is 0.817. The Kier molecular flexibility index (Phi) is 4.21. The Bertz CT molecular complexity index is 257. The molecule has 3 N–H and O–H groups in total. The van der Waals surface area contributed by atoms with Gasteiger partial charge in [-0.2, -0.15) is 0 Å². The van der Waals surface area contributed by atoms with Crippen molar-refractivity contribution in [1.29, 1.82) is 0 Å². The highest BCUT2D eigenvalue weighted by atomic mass is 19.1. The number of carbonyl (C=O) groups excluding carboxylic acids is 1. The molecule has 1 unspecified atom stereocenters. The van der Waals surface area contributed by atoms with Crippen molar-refractivity contribution in [2.24, 2.45) is 5.73 Å². The molecule has 0 radical (unpaired) electrons. The summed E-state index contributed by atoms with van der Waals surface area (Å²) in [5.74, 6) is -5.33. The number of aliphatic carboxylic acids is 1. The van der Waals surface area contributed by atoms with Gasteiger partial charge in [-0.05, 0) is 20.8 Å². The number of ether oxygens (including phenoxy) is 1. The molecule has 15 heavy (non-hydrogen) atoms. The SMILES string of the molecule is CC(C)(C)OC(=O)CCC(N)(F)C(=O)O. The van der Waals surface area contributed by atoms with Crippen LogP contribution in [0.3, 0.4) is 0 Å². The Balaban J connectivity index is 4.07. The van der Waals surface area contributed by atoms with Crippen LogP contribution in [0.5, 0.6) is 0 Å². The highest BCUT2D eigenvalue weighted by Crippen LogP contribution is 2.15. The maximum absolute atomic E-state index is 13.0. The molecule has 0 saturated carbocycles. The average Bonchev–Trinajstić information content (AvgIpc) is 1.97. The normalized spacial score (nSPS) is 15.5. The highest BCUT2D eigenvalue weighted by Gasteiger charge is 2.34. The van der Waals surface area contributed by atoms with Gasteiger partial charge in [0.1, 0.15) is 5.60 Å². The summed E-state index contributed by atoms with van der Waals surface area (Å²) >= 11 is 0. The third kappa shape index (κ3) is 6.01. The summed E-state index contributed by atoms with van der Waals surface area (Å²) in [5, 5.41) is 8.33. The van der Waals surface area contributed by atoms with E-state index in [1.54, 1.807) is 20.8 Å². The number of carboxylic acid groups (broad SMARTS) is 1. The summed E-state index contributed by atoms with van der Waals surface area (Å²) in [7, 11) is 0. The van der Waals surface area contributed by atoms with Gasteiger partial charge in [0.05, 0.1) is 6.42 Å². The van der Waals surface area contributed by atoms with Crippen LogP contribution < -0.4 is 5.73 Å². The molecule has 0 aromatic rings. The molecule has 0 spiro atoms. The van der Waals surface area contributed by atoms with E-state index < -0.39 is 29.8 Å². The zero-order valence-electron chi connectivity index (χ0n) is 9.04. The lowest BCUT2D eigenvalue weighted by Crippen LogP contribution is -2.43. The minimum atomic E-state index is -2.88. The van der Waals surface area contributed by atoms with Gasteiger partial charge in [-0.15, -0.1) is 0 Å². The van der Waals surface area contributed by atoms with Crippen LogP contribution in [0.4, 0.5) is 4.39 Å². The number of carbonyl (C=O) groups is 2. The fourth-order valence-corrected chi connectivity index (χ4v) is 0.783. The van der Waals surface area contributed by atoms with Crippen molar-refractivity contribution in [2.75, 3.05) is 0 Å². The van der Waals surface area contributed by atoms with Crippen molar-refractivity contribution in [3.63, 3.8) is 0 Å². The second-order valence-electron chi connectivity index (χ2n) is 4.25. The first-order valence-electron chi connectivity index (χ1n) is 4.47. The van der Waals surface area contributed by atoms with Gasteiger partial charge in [-0.1, -0.05) is 0 Å². The number of rotatable bonds is 4. The fraction of sp³-hybridized carbons (Fsp3) is 0.778. The Morgan fingerprint density at radius 2 is 1.87 bits per heavy atom. The van der Waals surface area contributed by atoms with E-state index in [-0.39, 0.29) is 6.42 Å². The Labute approximate surface area is 87.4 Å². The topological polar surface area (TPSA) is 89.6 Å². The molecule has 0 rings (SSSR count). The van der Waals surface area contributed by atoms with E-state index >= 15 is 0 Å². The highest BCUT2D eigenvalue weighted by molar-refractivity contribution is 5.78. The monoisotopic (exact) mass is 221 g/mol. The molecule has 0 aliphatic rings. The van der Waals surface area contributed by atoms with Crippen molar-refractivity contribution in [1.82, 2.24) is 0 Å². The second-order valence-corrected chi connectivity index (χ2v) is 4.25. The van der Waals surface area contributed by atoms with Crippen molar-refractivity contribution in [3.05, 3.63) is 0 Å². The lowest BCUT2D eigenvalue weighted by atomic mass is 10.1. The van der Waals surface area contributed by atoms with Gasteiger partial charge in [0.15, 0.2) is 0 Å². The molecule has 1 atom stereocenters. The van der Waals surface area contributed by atoms with E-state index in [0.717, 1.165) is 0 Å². The number of alkyl halides is 1. The molecular formula is C9H16FNO4. The fourth-order valence-electron chi connectivity index (χ4n) is 0.783. The molecule has 0 aromatic carbocycles. The van der Waals surface area contributed by atoms with Crippen LogP contribution >= 0.6 is 0 Å². The lowest BCUT2D eigenvalue weighted by molar-refractivity contribution is -0.157. The summed E-state index contributed by atoms with van der Waals surface area (Å²) in [6, 6.07) is 0. The molecule has 0 bridgehead atoms. The molecule has 0 amide bonds. The van der Waals surface area contributed by atoms with Crippen LogP contribution in [0.1, 0.15) is 33.6 Å². The Morgan fingerprint density at radius 3 is 2.20 bits per heavy atom. The quantitative estimate of drug-likeness (QED) is 0.541. The summed E-state index contributed by atoms with van der Waals surface area (Å²) in [4.78, 5) is 21.4. The molecule has 0 aliphatic heterocycles.